The summed E-state index contributed by atoms with van der Waals surface area (Å²) in [5, 5.41) is 19.8. The van der Waals surface area contributed by atoms with Gasteiger partial charge in [0.1, 0.15) is 0 Å². The van der Waals surface area contributed by atoms with Gasteiger partial charge < -0.3 is 5.11 Å². The lowest BCUT2D eigenvalue weighted by atomic mass is 10.0. The summed E-state index contributed by atoms with van der Waals surface area (Å²) >= 11 is 0. The van der Waals surface area contributed by atoms with Gasteiger partial charge in [0.25, 0.3) is 5.69 Å². The minimum atomic E-state index is -0.560. The lowest BCUT2D eigenvalue weighted by molar-refractivity contribution is -0.385. The van der Waals surface area contributed by atoms with Gasteiger partial charge in [-0.15, -0.1) is 0 Å². The Labute approximate surface area is 82.3 Å². The molecular formula is C10H13NO3. The number of nitrogens with zero attached hydrogens (tertiary/aromatic N) is 1. The highest BCUT2D eigenvalue weighted by Crippen LogP contribution is 2.21. The van der Waals surface area contributed by atoms with Crippen molar-refractivity contribution in [2.45, 2.75) is 26.4 Å². The van der Waals surface area contributed by atoms with E-state index in [0.717, 1.165) is 5.56 Å². The van der Waals surface area contributed by atoms with Crippen LogP contribution in [0.1, 0.15) is 18.1 Å². The minimum absolute atomic E-state index is 0.0801. The highest BCUT2D eigenvalue weighted by Gasteiger charge is 2.14. The van der Waals surface area contributed by atoms with Gasteiger partial charge in [-0.25, -0.2) is 0 Å². The summed E-state index contributed by atoms with van der Waals surface area (Å²) in [6.45, 7) is 3.49. The third-order valence-corrected chi connectivity index (χ3v) is 1.95. The fraction of sp³-hybridized carbons (Fsp3) is 0.400. The zero-order chi connectivity index (χ0) is 10.7. The van der Waals surface area contributed by atoms with Crippen molar-refractivity contribution in [2.24, 2.45) is 0 Å². The minimum Gasteiger partial charge on any atom is -0.393 e. The Morgan fingerprint density at radius 1 is 1.57 bits per heavy atom. The maximum Gasteiger partial charge on any atom is 0.272 e. The predicted molar refractivity (Wildman–Crippen MR) is 53.2 cm³/mol. The van der Waals surface area contributed by atoms with Crippen LogP contribution in [0, 0.1) is 17.0 Å². The van der Waals surface area contributed by atoms with Crippen LogP contribution in [0.2, 0.25) is 0 Å². The highest BCUT2D eigenvalue weighted by atomic mass is 16.6. The Morgan fingerprint density at radius 3 is 2.71 bits per heavy atom. The summed E-state index contributed by atoms with van der Waals surface area (Å²) in [7, 11) is 0. The van der Waals surface area contributed by atoms with E-state index in [9.17, 15) is 15.2 Å². The first-order valence-electron chi connectivity index (χ1n) is 4.42. The molecule has 1 N–H and O–H groups in total. The van der Waals surface area contributed by atoms with Crippen LogP contribution in [-0.2, 0) is 6.42 Å². The summed E-state index contributed by atoms with van der Waals surface area (Å²) in [5.41, 5.74) is 1.63. The number of nitro groups is 1. The lowest BCUT2D eigenvalue weighted by Crippen LogP contribution is -2.06. The normalized spacial score (nSPS) is 12.5. The molecule has 1 rings (SSSR count). The molecule has 0 spiro atoms. The summed E-state index contributed by atoms with van der Waals surface area (Å²) < 4.78 is 0. The zero-order valence-corrected chi connectivity index (χ0v) is 8.23. The largest absolute Gasteiger partial charge is 0.393 e. The second kappa shape index (κ2) is 4.19. The molecule has 0 saturated carbocycles. The van der Waals surface area contributed by atoms with E-state index in [1.54, 1.807) is 19.1 Å². The first-order chi connectivity index (χ1) is 6.50. The van der Waals surface area contributed by atoms with Crippen molar-refractivity contribution in [3.63, 3.8) is 0 Å². The monoisotopic (exact) mass is 195 g/mol. The topological polar surface area (TPSA) is 63.4 Å². The second-order valence-electron chi connectivity index (χ2n) is 3.44. The summed E-state index contributed by atoms with van der Waals surface area (Å²) in [6, 6.07) is 4.92. The molecule has 0 saturated heterocycles. The molecule has 76 valence electrons. The summed E-state index contributed by atoms with van der Waals surface area (Å²) in [6.07, 6.45) is -0.242. The molecule has 1 aromatic rings. The van der Waals surface area contributed by atoms with Gasteiger partial charge in [-0.05, 0) is 19.9 Å². The van der Waals surface area contributed by atoms with Crippen molar-refractivity contribution in [2.75, 3.05) is 0 Å². The Kier molecular flexibility index (Phi) is 3.19. The SMILES string of the molecule is Cc1ccc([N+](=O)[O-])c(C[C@H](C)O)c1. The molecule has 0 aliphatic heterocycles. The first kappa shape index (κ1) is 10.7. The number of aliphatic hydroxyl groups is 1. The van der Waals surface area contributed by atoms with Crippen molar-refractivity contribution in [1.82, 2.24) is 0 Å². The number of hydrogen-bond acceptors (Lipinski definition) is 3. The lowest BCUT2D eigenvalue weighted by Gasteiger charge is -2.05. The number of benzene rings is 1. The standard InChI is InChI=1S/C10H13NO3/c1-7-3-4-10(11(13)14)9(5-7)6-8(2)12/h3-5,8,12H,6H2,1-2H3/t8-/m0/s1. The van der Waals surface area contributed by atoms with Gasteiger partial charge in [-0.3, -0.25) is 10.1 Å². The fourth-order valence-corrected chi connectivity index (χ4v) is 1.37. The van der Waals surface area contributed by atoms with Crippen molar-refractivity contribution in [3.05, 3.63) is 39.4 Å². The van der Waals surface area contributed by atoms with Gasteiger partial charge in [-0.1, -0.05) is 11.6 Å². The smallest absolute Gasteiger partial charge is 0.272 e. The quantitative estimate of drug-likeness (QED) is 0.591. The van der Waals surface area contributed by atoms with Crippen LogP contribution in [0.15, 0.2) is 18.2 Å². The molecule has 0 aliphatic rings. The maximum absolute atomic E-state index is 10.6. The summed E-state index contributed by atoms with van der Waals surface area (Å²) in [4.78, 5) is 10.2. The van der Waals surface area contributed by atoms with Gasteiger partial charge in [0, 0.05) is 18.1 Å². The van der Waals surface area contributed by atoms with Crippen LogP contribution in [0.25, 0.3) is 0 Å². The molecule has 0 fully saturated rings. The van der Waals surface area contributed by atoms with Gasteiger partial charge in [0.05, 0.1) is 11.0 Å². The van der Waals surface area contributed by atoms with E-state index in [-0.39, 0.29) is 5.69 Å². The predicted octanol–water partition coefficient (Wildman–Crippen LogP) is 1.83. The average Bonchev–Trinajstić information content (AvgIpc) is 2.01. The number of hydrogen-bond donors (Lipinski definition) is 1. The second-order valence-corrected chi connectivity index (χ2v) is 3.44. The first-order valence-corrected chi connectivity index (χ1v) is 4.42. The molecule has 0 unspecified atom stereocenters. The molecule has 1 aromatic carbocycles. The molecule has 4 heteroatoms. The molecule has 0 heterocycles. The number of nitro benzene ring substituents is 1. The van der Waals surface area contributed by atoms with E-state index in [1.165, 1.54) is 6.07 Å². The number of aryl methyl sites for hydroxylation is 1. The summed E-state index contributed by atoms with van der Waals surface area (Å²) in [5.74, 6) is 0. The maximum atomic E-state index is 10.6. The Balaban J connectivity index is 3.09. The molecule has 0 amide bonds. The fourth-order valence-electron chi connectivity index (χ4n) is 1.37. The third-order valence-electron chi connectivity index (χ3n) is 1.95. The van der Waals surface area contributed by atoms with E-state index < -0.39 is 11.0 Å². The van der Waals surface area contributed by atoms with Gasteiger partial charge in [0.2, 0.25) is 0 Å². The van der Waals surface area contributed by atoms with Gasteiger partial charge in [-0.2, -0.15) is 0 Å². The van der Waals surface area contributed by atoms with E-state index in [4.69, 9.17) is 0 Å². The highest BCUT2D eigenvalue weighted by molar-refractivity contribution is 5.42. The van der Waals surface area contributed by atoms with E-state index in [1.807, 2.05) is 6.92 Å². The third kappa shape index (κ3) is 2.53. The van der Waals surface area contributed by atoms with Crippen LogP contribution >= 0.6 is 0 Å². The van der Waals surface area contributed by atoms with Crippen LogP contribution in [0.4, 0.5) is 5.69 Å². The van der Waals surface area contributed by atoms with Crippen LogP contribution < -0.4 is 0 Å². The Bertz CT molecular complexity index is 347. The van der Waals surface area contributed by atoms with Crippen molar-refractivity contribution in [3.8, 4) is 0 Å². The van der Waals surface area contributed by atoms with E-state index >= 15 is 0 Å². The van der Waals surface area contributed by atoms with Crippen LogP contribution in [0.5, 0.6) is 0 Å². The van der Waals surface area contributed by atoms with Gasteiger partial charge in [0.15, 0.2) is 0 Å². The zero-order valence-electron chi connectivity index (χ0n) is 8.23. The molecule has 0 aromatic heterocycles. The molecular weight excluding hydrogens is 182 g/mol. The average molecular weight is 195 g/mol. The molecule has 4 nitrogen and oxygen atoms in total. The van der Waals surface area contributed by atoms with Crippen molar-refractivity contribution >= 4 is 5.69 Å². The van der Waals surface area contributed by atoms with Crippen molar-refractivity contribution < 1.29 is 10.0 Å². The van der Waals surface area contributed by atoms with Gasteiger partial charge >= 0.3 is 0 Å². The molecule has 0 radical (unpaired) electrons. The number of aliphatic hydroxyl groups excluding tert-OH is 1. The Hall–Kier alpha value is -1.42. The number of rotatable bonds is 3. The van der Waals surface area contributed by atoms with Crippen LogP contribution in [0.3, 0.4) is 0 Å². The van der Waals surface area contributed by atoms with E-state index in [2.05, 4.69) is 0 Å². The molecule has 0 aliphatic carbocycles. The van der Waals surface area contributed by atoms with Crippen LogP contribution in [-0.4, -0.2) is 16.1 Å². The Morgan fingerprint density at radius 2 is 2.21 bits per heavy atom. The molecule has 1 atom stereocenters. The molecule has 0 bridgehead atoms. The molecule has 14 heavy (non-hydrogen) atoms. The van der Waals surface area contributed by atoms with E-state index in [0.29, 0.717) is 12.0 Å². The van der Waals surface area contributed by atoms with Crippen molar-refractivity contribution in [1.29, 1.82) is 0 Å².